The first-order chi connectivity index (χ1) is 17.9. The van der Waals surface area contributed by atoms with E-state index >= 15 is 0 Å². The Hall–Kier alpha value is -0.960. The van der Waals surface area contributed by atoms with Gasteiger partial charge in [0.05, 0.1) is 19.8 Å². The molecule has 11 nitrogen and oxygen atoms in total. The Kier molecular flexibility index (Phi) is 11.3. The number of aliphatic hydroxyl groups excluding tert-OH is 7. The van der Waals surface area contributed by atoms with Crippen LogP contribution in [0, 0.1) is 11.3 Å². The molecule has 1 aliphatic carbocycles. The van der Waals surface area contributed by atoms with Gasteiger partial charge in [0.2, 0.25) is 0 Å². The molecule has 0 aromatic heterocycles. The summed E-state index contributed by atoms with van der Waals surface area (Å²) in [5, 5.41) is 70.7. The zero-order valence-corrected chi connectivity index (χ0v) is 22.7. The van der Waals surface area contributed by atoms with Crippen molar-refractivity contribution < 1.29 is 54.7 Å². The third kappa shape index (κ3) is 7.21. The molecule has 2 unspecified atom stereocenters. The summed E-state index contributed by atoms with van der Waals surface area (Å²) in [6.07, 6.45) is -6.10. The van der Waals surface area contributed by atoms with Gasteiger partial charge in [0.1, 0.15) is 48.8 Å². The molecule has 0 bridgehead atoms. The van der Waals surface area contributed by atoms with E-state index < -0.39 is 74.6 Å². The van der Waals surface area contributed by atoms with Crippen LogP contribution in [0.3, 0.4) is 0 Å². The van der Waals surface area contributed by atoms with Gasteiger partial charge >= 0.3 is 0 Å². The first-order valence-corrected chi connectivity index (χ1v) is 13.5. The number of aliphatic hydroxyl groups is 7. The van der Waals surface area contributed by atoms with Gasteiger partial charge in [0.25, 0.3) is 0 Å². The van der Waals surface area contributed by atoms with Crippen LogP contribution in [0.4, 0.5) is 0 Å². The van der Waals surface area contributed by atoms with Crippen LogP contribution in [0.5, 0.6) is 0 Å². The largest absolute Gasteiger partial charge is 0.394 e. The van der Waals surface area contributed by atoms with Crippen molar-refractivity contribution in [2.45, 2.75) is 115 Å². The normalized spacial score (nSPS) is 41.0. The van der Waals surface area contributed by atoms with Crippen LogP contribution in [0.2, 0.25) is 0 Å². The van der Waals surface area contributed by atoms with Gasteiger partial charge in [-0.05, 0) is 49.5 Å². The maximum Gasteiger partial charge on any atom is 0.187 e. The lowest BCUT2D eigenvalue weighted by Crippen LogP contribution is -2.64. The summed E-state index contributed by atoms with van der Waals surface area (Å²) in [5.41, 5.74) is 2.95. The molecule has 11 heteroatoms. The summed E-state index contributed by atoms with van der Waals surface area (Å²) in [7, 11) is 0. The van der Waals surface area contributed by atoms with Crippen molar-refractivity contribution in [2.24, 2.45) is 11.3 Å². The van der Waals surface area contributed by atoms with Gasteiger partial charge in [-0.25, -0.2) is 0 Å². The molecule has 7 N–H and O–H groups in total. The molecule has 220 valence electrons. The SMILES string of the molecule is CC1=C(/C=C/C(C)CCOC2O[C@H](CO)[C@@H](O[C@@H]3O[C@H](CO)[C@@H](O)[C@H](O)[C@H]3O)[C@H](O)[C@H]2O)C(C)(C)CCC1. The van der Waals surface area contributed by atoms with Gasteiger partial charge < -0.3 is 54.7 Å². The number of hydrogen-bond donors (Lipinski definition) is 7. The van der Waals surface area contributed by atoms with Gasteiger partial charge in [-0.15, -0.1) is 0 Å². The van der Waals surface area contributed by atoms with Crippen LogP contribution in [0.25, 0.3) is 0 Å². The van der Waals surface area contributed by atoms with Crippen molar-refractivity contribution in [3.05, 3.63) is 23.3 Å². The maximum absolute atomic E-state index is 10.7. The minimum atomic E-state index is -1.71. The minimum Gasteiger partial charge on any atom is -0.394 e. The summed E-state index contributed by atoms with van der Waals surface area (Å²) in [6, 6.07) is 0. The Morgan fingerprint density at radius 3 is 2.18 bits per heavy atom. The van der Waals surface area contributed by atoms with Gasteiger partial charge in [-0.3, -0.25) is 0 Å². The van der Waals surface area contributed by atoms with E-state index in [1.54, 1.807) is 0 Å². The molecule has 3 rings (SSSR count). The molecule has 0 amide bonds. The van der Waals surface area contributed by atoms with E-state index in [4.69, 9.17) is 18.9 Å². The predicted molar refractivity (Wildman–Crippen MR) is 136 cm³/mol. The van der Waals surface area contributed by atoms with Crippen molar-refractivity contribution in [3.63, 3.8) is 0 Å². The molecule has 2 saturated heterocycles. The fourth-order valence-corrected chi connectivity index (χ4v) is 5.43. The molecule has 2 fully saturated rings. The average molecular weight is 547 g/mol. The second kappa shape index (κ2) is 13.6. The van der Waals surface area contributed by atoms with Crippen LogP contribution >= 0.6 is 0 Å². The summed E-state index contributed by atoms with van der Waals surface area (Å²) in [5.74, 6) is 0.189. The third-order valence-electron chi connectivity index (χ3n) is 7.95. The molecule has 38 heavy (non-hydrogen) atoms. The molecular weight excluding hydrogens is 500 g/mol. The van der Waals surface area contributed by atoms with Crippen LogP contribution < -0.4 is 0 Å². The fourth-order valence-electron chi connectivity index (χ4n) is 5.43. The molecule has 2 aliphatic heterocycles. The highest BCUT2D eigenvalue weighted by atomic mass is 16.7. The number of rotatable bonds is 10. The third-order valence-corrected chi connectivity index (χ3v) is 7.95. The van der Waals surface area contributed by atoms with E-state index in [0.717, 1.165) is 12.8 Å². The number of allylic oxidation sites excluding steroid dienone is 4. The molecule has 11 atom stereocenters. The van der Waals surface area contributed by atoms with E-state index in [9.17, 15) is 35.7 Å². The fraction of sp³-hybridized carbons (Fsp3) is 0.852. The zero-order chi connectivity index (χ0) is 28.2. The highest BCUT2D eigenvalue weighted by molar-refractivity contribution is 5.32. The Labute approximate surface area is 224 Å². The molecule has 0 aromatic carbocycles. The molecule has 0 spiro atoms. The van der Waals surface area contributed by atoms with E-state index in [2.05, 4.69) is 39.8 Å². The van der Waals surface area contributed by atoms with Crippen molar-refractivity contribution in [1.29, 1.82) is 0 Å². The molecule has 0 saturated carbocycles. The van der Waals surface area contributed by atoms with Crippen LogP contribution in [0.1, 0.15) is 53.4 Å². The smallest absolute Gasteiger partial charge is 0.187 e. The number of hydrogen-bond acceptors (Lipinski definition) is 11. The van der Waals surface area contributed by atoms with E-state index in [1.807, 2.05) is 0 Å². The molecular formula is C27H46O11. The Morgan fingerprint density at radius 1 is 0.921 bits per heavy atom. The van der Waals surface area contributed by atoms with E-state index in [-0.39, 0.29) is 17.9 Å². The maximum atomic E-state index is 10.7. The first-order valence-electron chi connectivity index (χ1n) is 13.5. The van der Waals surface area contributed by atoms with Crippen LogP contribution in [0.15, 0.2) is 23.3 Å². The van der Waals surface area contributed by atoms with Crippen LogP contribution in [-0.2, 0) is 18.9 Å². The lowest BCUT2D eigenvalue weighted by atomic mass is 9.72. The average Bonchev–Trinajstić information content (AvgIpc) is 2.87. The quantitative estimate of drug-likeness (QED) is 0.192. The topological polar surface area (TPSA) is 179 Å². The molecule has 3 aliphatic rings. The summed E-state index contributed by atoms with van der Waals surface area (Å²) < 4.78 is 22.3. The Morgan fingerprint density at radius 2 is 1.55 bits per heavy atom. The first kappa shape index (κ1) is 31.6. The highest BCUT2D eigenvalue weighted by Crippen LogP contribution is 2.41. The summed E-state index contributed by atoms with van der Waals surface area (Å²) >= 11 is 0. The van der Waals surface area contributed by atoms with Gasteiger partial charge in [-0.2, -0.15) is 0 Å². The van der Waals surface area contributed by atoms with Crippen LogP contribution in [-0.4, -0.2) is 117 Å². The second-order valence-electron chi connectivity index (χ2n) is 11.4. The van der Waals surface area contributed by atoms with Crippen molar-refractivity contribution in [1.82, 2.24) is 0 Å². The van der Waals surface area contributed by atoms with Crippen molar-refractivity contribution in [3.8, 4) is 0 Å². The lowest BCUT2D eigenvalue weighted by Gasteiger charge is -2.46. The predicted octanol–water partition coefficient (Wildman–Crippen LogP) is -0.264. The standard InChI is InChI=1S/C27H46O11/c1-14(7-8-16-15(2)6-5-10-27(16,3)4)9-11-35-25-23(34)21(32)24(18(13-29)37-25)38-26-22(33)20(31)19(30)17(12-28)36-26/h7-8,14,17-26,28-34H,5-6,9-13H2,1-4H3/b8-7+/t14?,17-,18-,19-,20+,21-,22-,23-,24-,25?,26+/m1/s1. The summed E-state index contributed by atoms with van der Waals surface area (Å²) in [6.45, 7) is 7.77. The molecule has 0 aromatic rings. The summed E-state index contributed by atoms with van der Waals surface area (Å²) in [4.78, 5) is 0. The zero-order valence-electron chi connectivity index (χ0n) is 22.7. The second-order valence-corrected chi connectivity index (χ2v) is 11.4. The van der Waals surface area contributed by atoms with E-state index in [0.29, 0.717) is 6.42 Å². The van der Waals surface area contributed by atoms with Gasteiger partial charge in [0.15, 0.2) is 12.6 Å². The van der Waals surface area contributed by atoms with Crippen molar-refractivity contribution >= 4 is 0 Å². The van der Waals surface area contributed by atoms with Gasteiger partial charge in [-0.1, -0.05) is 38.5 Å². The Balaban J connectivity index is 1.54. The molecule has 2 heterocycles. The number of ether oxygens (including phenoxy) is 4. The molecule has 0 radical (unpaired) electrons. The van der Waals surface area contributed by atoms with Crippen molar-refractivity contribution in [2.75, 3.05) is 19.8 Å². The Bertz CT molecular complexity index is 811. The van der Waals surface area contributed by atoms with E-state index in [1.165, 1.54) is 17.6 Å². The minimum absolute atomic E-state index is 0.152. The van der Waals surface area contributed by atoms with Gasteiger partial charge in [0, 0.05) is 0 Å². The monoisotopic (exact) mass is 546 g/mol. The lowest BCUT2D eigenvalue weighted by molar-refractivity contribution is -0.359. The highest BCUT2D eigenvalue weighted by Gasteiger charge is 2.50.